The van der Waals surface area contributed by atoms with Crippen molar-refractivity contribution < 1.29 is 9.21 Å². The Labute approximate surface area is 140 Å². The molecule has 6 heteroatoms. The number of aryl methyl sites for hydroxylation is 3. The third-order valence-electron chi connectivity index (χ3n) is 3.80. The fourth-order valence-electron chi connectivity index (χ4n) is 2.57. The molecule has 0 saturated heterocycles. The van der Waals surface area contributed by atoms with Gasteiger partial charge in [-0.25, -0.2) is 4.98 Å². The largest absolute Gasteiger partial charge is 0.441 e. The Morgan fingerprint density at radius 1 is 1.25 bits per heavy atom. The van der Waals surface area contributed by atoms with Crippen LogP contribution >= 0.6 is 0 Å². The molecule has 124 valence electrons. The minimum Gasteiger partial charge on any atom is -0.441 e. The first-order chi connectivity index (χ1) is 11.5. The van der Waals surface area contributed by atoms with Crippen LogP contribution in [0.1, 0.15) is 27.6 Å². The predicted molar refractivity (Wildman–Crippen MR) is 90.7 cm³/mol. The number of hydrogen-bond donors (Lipinski definition) is 1. The van der Waals surface area contributed by atoms with Gasteiger partial charge in [0.05, 0.1) is 11.4 Å². The molecule has 24 heavy (non-hydrogen) atoms. The van der Waals surface area contributed by atoms with Crippen LogP contribution in [-0.2, 0) is 13.5 Å². The molecule has 6 nitrogen and oxygen atoms in total. The molecule has 0 aliphatic carbocycles. The molecule has 2 aromatic heterocycles. The molecule has 0 aliphatic rings. The van der Waals surface area contributed by atoms with E-state index in [-0.39, 0.29) is 5.91 Å². The van der Waals surface area contributed by atoms with E-state index in [1.54, 1.807) is 17.8 Å². The monoisotopic (exact) mass is 324 g/mol. The number of hydrogen-bond acceptors (Lipinski definition) is 4. The van der Waals surface area contributed by atoms with Crippen LogP contribution in [0, 0.1) is 13.8 Å². The number of carbonyl (C=O) groups is 1. The van der Waals surface area contributed by atoms with Gasteiger partial charge in [-0.05, 0) is 32.0 Å². The SMILES string of the molecule is Cc1cc(C(=O)NCCc2nc(-c3ccccc3)oc2C)n(C)n1. The first kappa shape index (κ1) is 16.0. The molecule has 0 unspecified atom stereocenters. The van der Waals surface area contributed by atoms with Crippen molar-refractivity contribution in [2.45, 2.75) is 20.3 Å². The standard InChI is InChI=1S/C18H20N4O2/c1-12-11-16(22(3)21-12)17(23)19-10-9-15-13(2)24-18(20-15)14-7-5-4-6-8-14/h4-8,11H,9-10H2,1-3H3,(H,19,23). The molecule has 0 spiro atoms. The van der Waals surface area contributed by atoms with Gasteiger partial charge in [-0.1, -0.05) is 18.2 Å². The molecule has 3 aromatic rings. The van der Waals surface area contributed by atoms with Crippen LogP contribution in [0.5, 0.6) is 0 Å². The lowest BCUT2D eigenvalue weighted by atomic mass is 10.2. The van der Waals surface area contributed by atoms with E-state index in [1.807, 2.05) is 44.2 Å². The van der Waals surface area contributed by atoms with Crippen LogP contribution in [0.25, 0.3) is 11.5 Å². The highest BCUT2D eigenvalue weighted by atomic mass is 16.4. The van der Waals surface area contributed by atoms with Gasteiger partial charge in [0.15, 0.2) is 0 Å². The number of carbonyl (C=O) groups excluding carboxylic acids is 1. The van der Waals surface area contributed by atoms with Crippen molar-refractivity contribution >= 4 is 5.91 Å². The minimum absolute atomic E-state index is 0.137. The average Bonchev–Trinajstić information content (AvgIpc) is 3.10. The maximum atomic E-state index is 12.2. The molecule has 0 radical (unpaired) electrons. The molecule has 0 aliphatic heterocycles. The van der Waals surface area contributed by atoms with Crippen LogP contribution in [0.3, 0.4) is 0 Å². The summed E-state index contributed by atoms with van der Waals surface area (Å²) in [5.41, 5.74) is 3.17. The summed E-state index contributed by atoms with van der Waals surface area (Å²) in [6.07, 6.45) is 0.616. The molecule has 0 bridgehead atoms. The maximum Gasteiger partial charge on any atom is 0.269 e. The van der Waals surface area contributed by atoms with Crippen molar-refractivity contribution in [3.63, 3.8) is 0 Å². The lowest BCUT2D eigenvalue weighted by Crippen LogP contribution is -2.27. The zero-order valence-corrected chi connectivity index (χ0v) is 14.0. The highest BCUT2D eigenvalue weighted by molar-refractivity contribution is 5.92. The van der Waals surface area contributed by atoms with E-state index in [0.717, 1.165) is 22.7 Å². The van der Waals surface area contributed by atoms with E-state index in [0.29, 0.717) is 24.6 Å². The first-order valence-corrected chi connectivity index (χ1v) is 7.85. The van der Waals surface area contributed by atoms with E-state index in [2.05, 4.69) is 15.4 Å². The summed E-state index contributed by atoms with van der Waals surface area (Å²) in [6, 6.07) is 11.5. The molecule has 0 atom stereocenters. The smallest absolute Gasteiger partial charge is 0.269 e. The summed E-state index contributed by atoms with van der Waals surface area (Å²) in [4.78, 5) is 16.7. The third-order valence-corrected chi connectivity index (χ3v) is 3.80. The topological polar surface area (TPSA) is 73.0 Å². The Hall–Kier alpha value is -2.89. The number of benzene rings is 1. The summed E-state index contributed by atoms with van der Waals surface area (Å²) in [6.45, 7) is 4.24. The van der Waals surface area contributed by atoms with E-state index in [4.69, 9.17) is 4.42 Å². The lowest BCUT2D eigenvalue weighted by Gasteiger charge is -2.04. The number of aromatic nitrogens is 3. The normalized spacial score (nSPS) is 10.8. The molecular weight excluding hydrogens is 304 g/mol. The zero-order valence-electron chi connectivity index (χ0n) is 14.0. The fraction of sp³-hybridized carbons (Fsp3) is 0.278. The Morgan fingerprint density at radius 2 is 2.00 bits per heavy atom. The Bertz CT molecular complexity index is 849. The molecule has 0 fully saturated rings. The predicted octanol–water partition coefficient (Wildman–Crippen LogP) is 2.66. The first-order valence-electron chi connectivity index (χ1n) is 7.85. The molecule has 3 rings (SSSR count). The second-order valence-corrected chi connectivity index (χ2v) is 5.69. The summed E-state index contributed by atoms with van der Waals surface area (Å²) in [5.74, 6) is 1.25. The summed E-state index contributed by atoms with van der Waals surface area (Å²) < 4.78 is 7.31. The van der Waals surface area contributed by atoms with E-state index >= 15 is 0 Å². The highest BCUT2D eigenvalue weighted by Gasteiger charge is 2.14. The summed E-state index contributed by atoms with van der Waals surface area (Å²) in [7, 11) is 1.76. The van der Waals surface area contributed by atoms with Gasteiger partial charge in [0.25, 0.3) is 5.91 Å². The van der Waals surface area contributed by atoms with Crippen molar-refractivity contribution in [1.82, 2.24) is 20.1 Å². The van der Waals surface area contributed by atoms with Gasteiger partial charge in [-0.2, -0.15) is 5.10 Å². The Morgan fingerprint density at radius 3 is 2.67 bits per heavy atom. The number of oxazole rings is 1. The average molecular weight is 324 g/mol. The van der Waals surface area contributed by atoms with Crippen molar-refractivity contribution in [2.75, 3.05) is 6.54 Å². The number of rotatable bonds is 5. The van der Waals surface area contributed by atoms with Gasteiger partial charge in [0.2, 0.25) is 5.89 Å². The highest BCUT2D eigenvalue weighted by Crippen LogP contribution is 2.21. The van der Waals surface area contributed by atoms with Crippen LogP contribution in [0.15, 0.2) is 40.8 Å². The van der Waals surface area contributed by atoms with Crippen LogP contribution in [0.2, 0.25) is 0 Å². The molecule has 2 heterocycles. The van der Waals surface area contributed by atoms with Crippen LogP contribution in [0.4, 0.5) is 0 Å². The van der Waals surface area contributed by atoms with Gasteiger partial charge >= 0.3 is 0 Å². The fourth-order valence-corrected chi connectivity index (χ4v) is 2.57. The third kappa shape index (κ3) is 3.37. The van der Waals surface area contributed by atoms with Crippen molar-refractivity contribution in [3.8, 4) is 11.5 Å². The Kier molecular flexibility index (Phi) is 4.46. The second-order valence-electron chi connectivity index (χ2n) is 5.69. The maximum absolute atomic E-state index is 12.2. The van der Waals surface area contributed by atoms with Crippen molar-refractivity contribution in [3.05, 3.63) is 59.2 Å². The van der Waals surface area contributed by atoms with Gasteiger partial charge in [0, 0.05) is 25.6 Å². The second kappa shape index (κ2) is 6.70. The van der Waals surface area contributed by atoms with Gasteiger partial charge < -0.3 is 9.73 Å². The summed E-state index contributed by atoms with van der Waals surface area (Å²) >= 11 is 0. The van der Waals surface area contributed by atoms with Gasteiger partial charge in [-0.15, -0.1) is 0 Å². The lowest BCUT2D eigenvalue weighted by molar-refractivity contribution is 0.0944. The number of nitrogens with zero attached hydrogens (tertiary/aromatic N) is 3. The van der Waals surface area contributed by atoms with Gasteiger partial charge in [-0.3, -0.25) is 9.48 Å². The van der Waals surface area contributed by atoms with Crippen molar-refractivity contribution in [2.24, 2.45) is 7.05 Å². The van der Waals surface area contributed by atoms with E-state index in [9.17, 15) is 4.79 Å². The minimum atomic E-state index is -0.137. The van der Waals surface area contributed by atoms with Gasteiger partial charge in [0.1, 0.15) is 11.5 Å². The zero-order chi connectivity index (χ0) is 17.1. The van der Waals surface area contributed by atoms with Crippen molar-refractivity contribution in [1.29, 1.82) is 0 Å². The number of nitrogens with one attached hydrogen (secondary N) is 1. The van der Waals surface area contributed by atoms with E-state index < -0.39 is 0 Å². The summed E-state index contributed by atoms with van der Waals surface area (Å²) in [5, 5.41) is 7.07. The molecule has 1 aromatic carbocycles. The molecule has 1 amide bonds. The molecular formula is C18H20N4O2. The van der Waals surface area contributed by atoms with Crippen LogP contribution < -0.4 is 5.32 Å². The Balaban J connectivity index is 1.62. The number of amides is 1. The molecule has 0 saturated carbocycles. The van der Waals surface area contributed by atoms with E-state index in [1.165, 1.54) is 0 Å². The van der Waals surface area contributed by atoms with Crippen LogP contribution in [-0.4, -0.2) is 27.2 Å². The molecule has 1 N–H and O–H groups in total. The quantitative estimate of drug-likeness (QED) is 0.783.